The number of carbonyl (C=O) groups excluding carboxylic acids is 2. The van der Waals surface area contributed by atoms with Crippen molar-refractivity contribution < 1.29 is 14.8 Å². The molecule has 1 rings (SSSR count). The molecule has 1 heterocycles. The zero-order valence-electron chi connectivity index (χ0n) is 14.6. The molecule has 0 aliphatic carbocycles. The lowest BCUT2D eigenvalue weighted by Crippen LogP contribution is -2.40. The number of hydrogen-bond acceptors (Lipinski definition) is 6. The van der Waals surface area contributed by atoms with Crippen LogP contribution in [0.5, 0.6) is 0 Å². The van der Waals surface area contributed by atoms with Crippen LogP contribution >= 0.6 is 0 Å². The maximum Gasteiger partial charge on any atom is 0.243 e. The molecule has 0 bridgehead atoms. The summed E-state index contributed by atoms with van der Waals surface area (Å²) in [5, 5.41) is 9.85. The van der Waals surface area contributed by atoms with Crippen LogP contribution in [0, 0.1) is 12.8 Å². The van der Waals surface area contributed by atoms with E-state index in [9.17, 15) is 14.8 Å². The van der Waals surface area contributed by atoms with Gasteiger partial charge in [0.1, 0.15) is 0 Å². The van der Waals surface area contributed by atoms with Gasteiger partial charge in [-0.15, -0.1) is 0 Å². The van der Waals surface area contributed by atoms with Gasteiger partial charge in [-0.25, -0.2) is 15.0 Å². The second kappa shape index (κ2) is 10.5. The van der Waals surface area contributed by atoms with Crippen LogP contribution in [0.25, 0.3) is 0 Å². The predicted octanol–water partition coefficient (Wildman–Crippen LogP) is 1.83. The van der Waals surface area contributed by atoms with Crippen LogP contribution in [0.1, 0.15) is 50.8 Å². The van der Waals surface area contributed by atoms with E-state index < -0.39 is 5.92 Å². The van der Waals surface area contributed by atoms with Gasteiger partial charge >= 0.3 is 0 Å². The highest BCUT2D eigenvalue weighted by Gasteiger charge is 2.20. The van der Waals surface area contributed by atoms with Crippen molar-refractivity contribution in [1.82, 2.24) is 20.5 Å². The van der Waals surface area contributed by atoms with Gasteiger partial charge in [-0.05, 0) is 25.3 Å². The Morgan fingerprint density at radius 3 is 2.75 bits per heavy atom. The summed E-state index contributed by atoms with van der Waals surface area (Å²) >= 11 is 0. The molecule has 1 aromatic heterocycles. The normalized spacial score (nSPS) is 11.7. The summed E-state index contributed by atoms with van der Waals surface area (Å²) < 4.78 is 0. The van der Waals surface area contributed by atoms with Gasteiger partial charge < -0.3 is 0 Å². The molecule has 24 heavy (non-hydrogen) atoms. The average molecular weight is 337 g/mol. The van der Waals surface area contributed by atoms with Crippen molar-refractivity contribution in [2.75, 3.05) is 12.0 Å². The van der Waals surface area contributed by atoms with Crippen molar-refractivity contribution in [3.63, 3.8) is 0 Å². The van der Waals surface area contributed by atoms with Crippen molar-refractivity contribution in [2.45, 2.75) is 52.9 Å². The molecule has 0 aliphatic rings. The summed E-state index contributed by atoms with van der Waals surface area (Å²) in [4.78, 5) is 31.3. The lowest BCUT2D eigenvalue weighted by Gasteiger charge is -2.19. The topological polar surface area (TPSA) is 107 Å². The van der Waals surface area contributed by atoms with Crippen LogP contribution in [0.2, 0.25) is 0 Å². The molecule has 1 aromatic rings. The third-order valence-corrected chi connectivity index (χ3v) is 3.82. The lowest BCUT2D eigenvalue weighted by molar-refractivity contribution is -0.154. The number of amides is 2. The van der Waals surface area contributed by atoms with Crippen molar-refractivity contribution >= 4 is 18.3 Å². The maximum atomic E-state index is 12.3. The molecule has 2 amide bonds. The van der Waals surface area contributed by atoms with Gasteiger partial charge in [-0.2, -0.15) is 0 Å². The van der Waals surface area contributed by atoms with E-state index in [1.54, 1.807) is 6.20 Å². The summed E-state index contributed by atoms with van der Waals surface area (Å²) in [6, 6.07) is 0. The monoisotopic (exact) mass is 337 g/mol. The Morgan fingerprint density at radius 2 is 2.17 bits per heavy atom. The molecule has 134 valence electrons. The molecule has 0 fully saturated rings. The van der Waals surface area contributed by atoms with Gasteiger partial charge in [0, 0.05) is 11.9 Å². The molecule has 8 nitrogen and oxygen atoms in total. The number of hydrazine groups is 1. The van der Waals surface area contributed by atoms with E-state index >= 15 is 0 Å². The Kier molecular flexibility index (Phi) is 8.70. The molecule has 0 radical (unpaired) electrons. The van der Waals surface area contributed by atoms with Crippen molar-refractivity contribution in [3.05, 3.63) is 17.5 Å². The molecule has 0 saturated heterocycles. The van der Waals surface area contributed by atoms with E-state index in [0.29, 0.717) is 23.8 Å². The molecular formula is C16H27N5O3. The second-order valence-electron chi connectivity index (χ2n) is 5.69. The number of hydroxylamine groups is 2. The summed E-state index contributed by atoms with van der Waals surface area (Å²) in [6.45, 7) is 5.93. The minimum Gasteiger partial charge on any atom is -0.286 e. The molecule has 1 unspecified atom stereocenters. The number of hydrogen-bond donors (Lipinski definition) is 3. The Morgan fingerprint density at radius 1 is 1.42 bits per heavy atom. The fourth-order valence-electron chi connectivity index (χ4n) is 2.33. The van der Waals surface area contributed by atoms with Crippen LogP contribution < -0.4 is 10.9 Å². The summed E-state index contributed by atoms with van der Waals surface area (Å²) in [6.07, 6.45) is 6.31. The highest BCUT2D eigenvalue weighted by atomic mass is 16.5. The first-order valence-corrected chi connectivity index (χ1v) is 8.30. The summed E-state index contributed by atoms with van der Waals surface area (Å²) in [5.41, 5.74) is 7.14. The Labute approximate surface area is 142 Å². The lowest BCUT2D eigenvalue weighted by atomic mass is 10.0. The van der Waals surface area contributed by atoms with E-state index in [0.717, 1.165) is 36.9 Å². The molecule has 3 N–H and O–H groups in total. The number of anilines is 1. The fraction of sp³-hybridized carbons (Fsp3) is 0.625. The first kappa shape index (κ1) is 19.8. The Bertz CT molecular complexity index is 538. The zero-order valence-corrected chi connectivity index (χ0v) is 14.6. The quantitative estimate of drug-likeness (QED) is 0.246. The number of aromatic nitrogens is 2. The molecule has 0 aromatic carbocycles. The van der Waals surface area contributed by atoms with Crippen LogP contribution in [0.15, 0.2) is 6.20 Å². The smallest absolute Gasteiger partial charge is 0.243 e. The first-order chi connectivity index (χ1) is 11.5. The SMILES string of the molecule is CCCCCC(CN(O)C=O)C(=O)NNc1ncc(CC)c(C)n1. The van der Waals surface area contributed by atoms with Crippen LogP contribution in [-0.4, -0.2) is 39.1 Å². The van der Waals surface area contributed by atoms with Gasteiger partial charge in [-0.3, -0.25) is 25.6 Å². The number of nitrogens with zero attached hydrogens (tertiary/aromatic N) is 3. The average Bonchev–Trinajstić information content (AvgIpc) is 2.58. The molecule has 0 spiro atoms. The van der Waals surface area contributed by atoms with E-state index in [4.69, 9.17) is 0 Å². The predicted molar refractivity (Wildman–Crippen MR) is 90.1 cm³/mol. The van der Waals surface area contributed by atoms with Crippen molar-refractivity contribution in [3.8, 4) is 0 Å². The maximum absolute atomic E-state index is 12.3. The second-order valence-corrected chi connectivity index (χ2v) is 5.69. The van der Waals surface area contributed by atoms with Gasteiger partial charge in [-0.1, -0.05) is 33.1 Å². The number of unbranched alkanes of at least 4 members (excludes halogenated alkanes) is 2. The van der Waals surface area contributed by atoms with Crippen LogP contribution in [-0.2, 0) is 16.0 Å². The standard InChI is InChI=1S/C16H27N5O3/c1-4-6-7-8-14(10-21(24)11-22)15(23)19-20-16-17-9-13(5-2)12(3)18-16/h9,11,14,24H,4-8,10H2,1-3H3,(H,19,23)(H,17,18,20). The molecule has 0 saturated carbocycles. The van der Waals surface area contributed by atoms with E-state index in [2.05, 4.69) is 27.7 Å². The van der Waals surface area contributed by atoms with E-state index in [1.165, 1.54) is 0 Å². The van der Waals surface area contributed by atoms with Gasteiger partial charge in [0.15, 0.2) is 0 Å². The third-order valence-electron chi connectivity index (χ3n) is 3.82. The van der Waals surface area contributed by atoms with E-state index in [-0.39, 0.29) is 12.5 Å². The van der Waals surface area contributed by atoms with Gasteiger partial charge in [0.2, 0.25) is 18.3 Å². The van der Waals surface area contributed by atoms with Crippen LogP contribution in [0.3, 0.4) is 0 Å². The molecular weight excluding hydrogens is 310 g/mol. The van der Waals surface area contributed by atoms with Gasteiger partial charge in [0.05, 0.1) is 12.5 Å². The Balaban J connectivity index is 2.62. The highest BCUT2D eigenvalue weighted by molar-refractivity contribution is 5.80. The number of rotatable bonds is 11. The van der Waals surface area contributed by atoms with E-state index in [1.807, 2.05) is 13.8 Å². The number of nitrogens with one attached hydrogen (secondary N) is 2. The summed E-state index contributed by atoms with van der Waals surface area (Å²) in [7, 11) is 0. The van der Waals surface area contributed by atoms with Gasteiger partial charge in [0.25, 0.3) is 0 Å². The molecule has 1 atom stereocenters. The molecule has 8 heteroatoms. The van der Waals surface area contributed by atoms with Crippen LogP contribution in [0.4, 0.5) is 5.95 Å². The summed E-state index contributed by atoms with van der Waals surface area (Å²) in [5.74, 6) is -0.510. The Hall–Kier alpha value is -2.22. The van der Waals surface area contributed by atoms with Crippen molar-refractivity contribution in [2.24, 2.45) is 5.92 Å². The fourth-order valence-corrected chi connectivity index (χ4v) is 2.33. The largest absolute Gasteiger partial charge is 0.286 e. The molecule has 0 aliphatic heterocycles. The number of aryl methyl sites for hydroxylation is 2. The zero-order chi connectivity index (χ0) is 17.9. The third kappa shape index (κ3) is 6.49. The minimum atomic E-state index is -0.504. The first-order valence-electron chi connectivity index (χ1n) is 8.30. The van der Waals surface area contributed by atoms with Crippen molar-refractivity contribution in [1.29, 1.82) is 0 Å². The number of carbonyl (C=O) groups is 2. The minimum absolute atomic E-state index is 0.0462. The highest BCUT2D eigenvalue weighted by Crippen LogP contribution is 2.12.